The molecule has 140 valence electrons. The first-order valence-electron chi connectivity index (χ1n) is 9.58. The molecular weight excluding hydrogens is 344 g/mol. The Hall–Kier alpha value is -2.78. The van der Waals surface area contributed by atoms with Gasteiger partial charge in [0.2, 0.25) is 0 Å². The van der Waals surface area contributed by atoms with Gasteiger partial charge in [0, 0.05) is 0 Å². The highest BCUT2D eigenvalue weighted by Gasteiger charge is 2.24. The van der Waals surface area contributed by atoms with Crippen LogP contribution in [-0.4, -0.2) is 21.4 Å². The molecule has 0 aliphatic heterocycles. The lowest BCUT2D eigenvalue weighted by atomic mass is 9.78. The fourth-order valence-electron chi connectivity index (χ4n) is 3.77. The van der Waals surface area contributed by atoms with E-state index >= 15 is 0 Å². The highest BCUT2D eigenvalue weighted by atomic mass is 16.3. The average molecular weight is 368 g/mol. The maximum atomic E-state index is 9.99. The van der Waals surface area contributed by atoms with Gasteiger partial charge in [-0.25, -0.2) is 0 Å². The van der Waals surface area contributed by atoms with Gasteiger partial charge in [-0.1, -0.05) is 72.3 Å². The first-order chi connectivity index (χ1) is 13.1. The van der Waals surface area contributed by atoms with Crippen LogP contribution in [-0.2, 0) is 0 Å². The van der Waals surface area contributed by atoms with Crippen LogP contribution < -0.4 is 0 Å². The molecule has 0 spiro atoms. The third kappa shape index (κ3) is 3.50. The fraction of sp³-hybridized carbons (Fsp3) is 0.308. The summed E-state index contributed by atoms with van der Waals surface area (Å²) in [5, 5.41) is 22.4. The molecule has 28 heavy (non-hydrogen) atoms. The molecule has 2 aliphatic rings. The Balaban J connectivity index is 1.90. The number of rotatable bonds is 0. The van der Waals surface area contributed by atoms with Crippen LogP contribution in [0.4, 0.5) is 0 Å². The lowest BCUT2D eigenvalue weighted by Crippen LogP contribution is -2.15. The van der Waals surface area contributed by atoms with Gasteiger partial charge in [-0.05, 0) is 60.7 Å². The molecule has 2 aliphatic carbocycles. The predicted octanol–water partition coefficient (Wildman–Crippen LogP) is 4.61. The van der Waals surface area contributed by atoms with Crippen molar-refractivity contribution >= 4 is 22.9 Å². The Labute approximate surface area is 166 Å². The summed E-state index contributed by atoms with van der Waals surface area (Å²) in [5.41, 5.74) is 2.67. The Kier molecular flexibility index (Phi) is 4.24. The van der Waals surface area contributed by atoms with E-state index in [4.69, 9.17) is 0 Å². The molecule has 0 unspecified atom stereocenters. The van der Waals surface area contributed by atoms with Crippen molar-refractivity contribution in [2.75, 3.05) is 0 Å². The highest BCUT2D eigenvalue weighted by Crippen LogP contribution is 2.42. The molecule has 0 heterocycles. The van der Waals surface area contributed by atoms with Crippen molar-refractivity contribution in [2.24, 2.45) is 0 Å². The third-order valence-corrected chi connectivity index (χ3v) is 4.96. The molecule has 2 aromatic rings. The standard InChI is InChI=1S/C26H24O2/c1-25(2,27)15-13-17-5-7-19-9-10-20-8-6-18(14-16-26(3,4)28)22-12-11-21(17)23(19)24(20)22/h5-12,17-18,27-28H,1-4H3/t17-,18-/m0/s1. The molecule has 0 amide bonds. The summed E-state index contributed by atoms with van der Waals surface area (Å²) in [6.07, 6.45) is 8.44. The maximum Gasteiger partial charge on any atom is 0.119 e. The van der Waals surface area contributed by atoms with E-state index in [2.05, 4.69) is 72.3 Å². The topological polar surface area (TPSA) is 40.5 Å². The lowest BCUT2D eigenvalue weighted by molar-refractivity contribution is 0.143. The lowest BCUT2D eigenvalue weighted by Gasteiger charge is -2.25. The zero-order chi connectivity index (χ0) is 20.1. The minimum atomic E-state index is -1.01. The number of hydrogen-bond donors (Lipinski definition) is 2. The molecular formula is C26H24O2. The summed E-state index contributed by atoms with van der Waals surface area (Å²) >= 11 is 0. The minimum absolute atomic E-state index is 0.0463. The number of hydrogen-bond acceptors (Lipinski definition) is 2. The summed E-state index contributed by atoms with van der Waals surface area (Å²) in [6, 6.07) is 8.56. The van der Waals surface area contributed by atoms with Gasteiger partial charge in [0.05, 0.1) is 11.8 Å². The fourth-order valence-corrected chi connectivity index (χ4v) is 3.77. The summed E-state index contributed by atoms with van der Waals surface area (Å²) < 4.78 is 0. The second kappa shape index (κ2) is 6.39. The Morgan fingerprint density at radius 2 is 1.07 bits per heavy atom. The molecule has 0 bridgehead atoms. The van der Waals surface area contributed by atoms with E-state index in [0.717, 1.165) is 0 Å². The zero-order valence-electron chi connectivity index (χ0n) is 16.7. The van der Waals surface area contributed by atoms with E-state index in [1.165, 1.54) is 33.0 Å². The van der Waals surface area contributed by atoms with Crippen LogP contribution in [0.15, 0.2) is 36.4 Å². The van der Waals surface area contributed by atoms with Crippen molar-refractivity contribution in [3.63, 3.8) is 0 Å². The summed E-state index contributed by atoms with van der Waals surface area (Å²) in [5.74, 6) is 12.3. The van der Waals surface area contributed by atoms with Crippen molar-refractivity contribution in [2.45, 2.75) is 50.7 Å². The van der Waals surface area contributed by atoms with E-state index in [1.54, 1.807) is 27.7 Å². The van der Waals surface area contributed by atoms with Crippen molar-refractivity contribution in [1.29, 1.82) is 0 Å². The second-order valence-corrected chi connectivity index (χ2v) is 8.57. The number of allylic oxidation sites excluding steroid dienone is 2. The quantitative estimate of drug-likeness (QED) is 0.667. The van der Waals surface area contributed by atoms with Crippen LogP contribution in [0, 0.1) is 23.7 Å². The molecule has 2 aromatic carbocycles. The van der Waals surface area contributed by atoms with Gasteiger partial charge in [-0.15, -0.1) is 0 Å². The van der Waals surface area contributed by atoms with E-state index in [1.807, 2.05) is 0 Å². The van der Waals surface area contributed by atoms with Gasteiger partial charge in [0.15, 0.2) is 0 Å². The molecule has 0 saturated carbocycles. The van der Waals surface area contributed by atoms with Gasteiger partial charge in [-0.2, -0.15) is 0 Å². The largest absolute Gasteiger partial charge is 0.378 e. The highest BCUT2D eigenvalue weighted by molar-refractivity contribution is 6.04. The smallest absolute Gasteiger partial charge is 0.119 e. The molecule has 2 nitrogen and oxygen atoms in total. The predicted molar refractivity (Wildman–Crippen MR) is 116 cm³/mol. The molecule has 0 fully saturated rings. The van der Waals surface area contributed by atoms with Crippen molar-refractivity contribution < 1.29 is 10.2 Å². The normalized spacial score (nSPS) is 19.6. The van der Waals surface area contributed by atoms with Crippen molar-refractivity contribution in [1.82, 2.24) is 0 Å². The monoisotopic (exact) mass is 368 g/mol. The van der Waals surface area contributed by atoms with Gasteiger partial charge in [-0.3, -0.25) is 0 Å². The van der Waals surface area contributed by atoms with E-state index in [9.17, 15) is 10.2 Å². The molecule has 0 radical (unpaired) electrons. The number of aliphatic hydroxyl groups is 2. The Bertz CT molecular complexity index is 1050. The minimum Gasteiger partial charge on any atom is -0.378 e. The van der Waals surface area contributed by atoms with Crippen LogP contribution in [0.25, 0.3) is 22.9 Å². The van der Waals surface area contributed by atoms with E-state index < -0.39 is 11.2 Å². The third-order valence-electron chi connectivity index (χ3n) is 4.96. The first-order valence-corrected chi connectivity index (χ1v) is 9.58. The Morgan fingerprint density at radius 3 is 1.43 bits per heavy atom. The molecule has 0 aromatic heterocycles. The van der Waals surface area contributed by atoms with Gasteiger partial charge >= 0.3 is 0 Å². The van der Waals surface area contributed by atoms with Crippen molar-refractivity contribution in [3.8, 4) is 23.7 Å². The molecule has 0 saturated heterocycles. The zero-order valence-corrected chi connectivity index (χ0v) is 16.7. The Morgan fingerprint density at radius 1 is 0.679 bits per heavy atom. The van der Waals surface area contributed by atoms with Gasteiger partial charge in [0.1, 0.15) is 11.2 Å². The van der Waals surface area contributed by atoms with Crippen LogP contribution in [0.1, 0.15) is 61.8 Å². The van der Waals surface area contributed by atoms with Crippen LogP contribution >= 0.6 is 0 Å². The molecule has 2 N–H and O–H groups in total. The number of benzene rings is 2. The van der Waals surface area contributed by atoms with Gasteiger partial charge in [0.25, 0.3) is 0 Å². The van der Waals surface area contributed by atoms with Crippen LogP contribution in [0.3, 0.4) is 0 Å². The second-order valence-electron chi connectivity index (χ2n) is 8.57. The van der Waals surface area contributed by atoms with Crippen molar-refractivity contribution in [3.05, 3.63) is 58.7 Å². The summed E-state index contributed by atoms with van der Waals surface area (Å²) in [6.45, 7) is 6.80. The maximum absolute atomic E-state index is 9.99. The van der Waals surface area contributed by atoms with E-state index in [0.29, 0.717) is 0 Å². The first kappa shape index (κ1) is 18.6. The molecule has 4 rings (SSSR count). The molecule has 2 atom stereocenters. The van der Waals surface area contributed by atoms with Crippen LogP contribution in [0.5, 0.6) is 0 Å². The summed E-state index contributed by atoms with van der Waals surface area (Å²) in [7, 11) is 0. The molecule has 2 heteroatoms. The van der Waals surface area contributed by atoms with Gasteiger partial charge < -0.3 is 10.2 Å². The SMILES string of the molecule is CC(C)(O)C#C[C@@H]1C=Cc2ccc3c4c(ccc1c24)[C@H](C#CC(C)(C)O)C=C3. The van der Waals surface area contributed by atoms with Crippen LogP contribution in [0.2, 0.25) is 0 Å². The average Bonchev–Trinajstić information content (AvgIpc) is 2.62. The van der Waals surface area contributed by atoms with E-state index in [-0.39, 0.29) is 11.8 Å². The summed E-state index contributed by atoms with van der Waals surface area (Å²) in [4.78, 5) is 0.